The third-order valence-electron chi connectivity index (χ3n) is 9.29. The predicted octanol–water partition coefficient (Wildman–Crippen LogP) is 10.8. The quantitative estimate of drug-likeness (QED) is 0.140. The van der Waals surface area contributed by atoms with Crippen LogP contribution in [-0.2, 0) is 0 Å². The van der Waals surface area contributed by atoms with Crippen LogP contribution in [-0.4, -0.2) is 29.5 Å². The second-order valence-electron chi connectivity index (χ2n) is 12.0. The summed E-state index contributed by atoms with van der Waals surface area (Å²) in [5, 5.41) is 12.4. The van der Waals surface area contributed by atoms with Crippen molar-refractivity contribution in [1.82, 2.24) is 15.0 Å². The molecule has 3 nitrogen and oxygen atoms in total. The third-order valence-corrected chi connectivity index (χ3v) is 11.8. The summed E-state index contributed by atoms with van der Waals surface area (Å²) in [5.74, 6) is 2.08. The zero-order valence-electron chi connectivity index (χ0n) is 25.2. The Hall–Kier alpha value is -5.67. The van der Waals surface area contributed by atoms with E-state index in [1.54, 1.807) is 0 Å². The van der Waals surface area contributed by atoms with E-state index in [1.165, 1.54) is 57.0 Å². The summed E-state index contributed by atoms with van der Waals surface area (Å²) in [5.41, 5.74) is 3.04. The third kappa shape index (κ3) is 4.30. The molecule has 0 saturated heterocycles. The Morgan fingerprint density at radius 3 is 1.72 bits per heavy atom. The van der Waals surface area contributed by atoms with Crippen molar-refractivity contribution in [3.8, 4) is 34.2 Å². The fourth-order valence-electron chi connectivity index (χ4n) is 6.97. The second-order valence-corrected chi connectivity index (χ2v) is 14.2. The van der Waals surface area contributed by atoms with Crippen molar-refractivity contribution in [2.24, 2.45) is 0 Å². The first-order valence-corrected chi connectivity index (χ1v) is 17.5. The van der Waals surface area contributed by atoms with Crippen LogP contribution in [0.5, 0.6) is 0 Å². The van der Waals surface area contributed by atoms with Crippen molar-refractivity contribution in [2.75, 3.05) is 0 Å². The minimum atomic E-state index is 0.173. The average Bonchev–Trinajstić information content (AvgIpc) is 3.53. The van der Waals surface area contributed by atoms with Crippen LogP contribution < -0.4 is 0 Å². The molecule has 0 atom stereocenters. The molecule has 0 fully saturated rings. The van der Waals surface area contributed by atoms with Crippen molar-refractivity contribution in [2.45, 2.75) is 0 Å². The van der Waals surface area contributed by atoms with Gasteiger partial charge in [0.05, 0.1) is 0 Å². The summed E-state index contributed by atoms with van der Waals surface area (Å²) in [6.07, 6.45) is 0. The molecule has 0 bridgehead atoms. The topological polar surface area (TPSA) is 38.7 Å². The van der Waals surface area contributed by atoms with E-state index in [2.05, 4.69) is 152 Å². The molecule has 0 spiro atoms. The zero-order valence-corrected chi connectivity index (χ0v) is 26.9. The Morgan fingerprint density at radius 2 is 0.894 bits per heavy atom. The summed E-state index contributed by atoms with van der Waals surface area (Å²) in [6.45, 7) is 0. The van der Waals surface area contributed by atoms with Gasteiger partial charge in [-0.2, -0.15) is 0 Å². The fourth-order valence-corrected chi connectivity index (χ4v) is 9.52. The van der Waals surface area contributed by atoms with E-state index < -0.39 is 0 Å². The van der Waals surface area contributed by atoms with E-state index in [-0.39, 0.29) is 14.5 Å². The van der Waals surface area contributed by atoms with Gasteiger partial charge in [0, 0.05) is 0 Å². The first kappa shape index (κ1) is 26.5. The maximum atomic E-state index is 5.20. The van der Waals surface area contributed by atoms with Gasteiger partial charge in [0.25, 0.3) is 0 Å². The van der Waals surface area contributed by atoms with Crippen LogP contribution in [0.4, 0.5) is 0 Å². The molecule has 2 heterocycles. The van der Waals surface area contributed by atoms with Gasteiger partial charge in [-0.15, -0.1) is 0 Å². The number of hydrogen-bond donors (Lipinski definition) is 0. The first-order valence-electron chi connectivity index (χ1n) is 15.8. The van der Waals surface area contributed by atoms with Gasteiger partial charge in [0.15, 0.2) is 0 Å². The number of hydrogen-bond acceptors (Lipinski definition) is 3. The van der Waals surface area contributed by atoms with Crippen LogP contribution in [0.2, 0.25) is 0 Å². The second kappa shape index (κ2) is 10.4. The standard InChI is InChI=1S/C43H25N3Se/c1-2-10-28-24-30(17-16-26(28)8-1)41-44-42(46-43(45-41)38-14-7-13-37-36-12-5-6-15-39(36)47-40(37)38)31-20-21-33-29(25-31)19-23-34-32-11-4-3-9-27(32)18-22-35(33)34/h1-25H. The van der Waals surface area contributed by atoms with Gasteiger partial charge in [-0.05, 0) is 5.39 Å². The van der Waals surface area contributed by atoms with Crippen molar-refractivity contribution in [3.05, 3.63) is 152 Å². The summed E-state index contributed by atoms with van der Waals surface area (Å²) in [4.78, 5) is 15.5. The molecule has 0 saturated carbocycles. The molecule has 0 aliphatic carbocycles. The van der Waals surface area contributed by atoms with E-state index in [9.17, 15) is 0 Å². The zero-order chi connectivity index (χ0) is 30.9. The van der Waals surface area contributed by atoms with Gasteiger partial charge in [-0.1, -0.05) is 24.3 Å². The molecule has 0 N–H and O–H groups in total. The molecule has 0 amide bonds. The van der Waals surface area contributed by atoms with Gasteiger partial charge in [0.2, 0.25) is 0 Å². The van der Waals surface area contributed by atoms with E-state index in [4.69, 9.17) is 15.0 Å². The van der Waals surface area contributed by atoms with Crippen molar-refractivity contribution < 1.29 is 0 Å². The van der Waals surface area contributed by atoms with Gasteiger partial charge < -0.3 is 0 Å². The molecule has 0 aliphatic heterocycles. The maximum absolute atomic E-state index is 5.20. The molecule has 0 aliphatic rings. The average molecular weight is 663 g/mol. The first-order chi connectivity index (χ1) is 23.3. The number of benzene rings is 8. The normalized spacial score (nSPS) is 11.8. The number of rotatable bonds is 3. The molecule has 2 aromatic heterocycles. The monoisotopic (exact) mass is 663 g/mol. The molecule has 8 aromatic carbocycles. The molecule has 0 unspecified atom stereocenters. The Labute approximate surface area is 276 Å². The van der Waals surface area contributed by atoms with Crippen LogP contribution in [0, 0.1) is 0 Å². The molecule has 47 heavy (non-hydrogen) atoms. The molecular weight excluding hydrogens is 637 g/mol. The Morgan fingerprint density at radius 1 is 0.340 bits per heavy atom. The van der Waals surface area contributed by atoms with Crippen molar-refractivity contribution in [1.29, 1.82) is 0 Å². The molecule has 4 heteroatoms. The number of nitrogens with zero attached hydrogens (tertiary/aromatic N) is 3. The fraction of sp³-hybridized carbons (Fsp3) is 0. The predicted molar refractivity (Wildman–Crippen MR) is 198 cm³/mol. The van der Waals surface area contributed by atoms with Gasteiger partial charge in [-0.25, -0.2) is 0 Å². The van der Waals surface area contributed by atoms with Crippen LogP contribution in [0.15, 0.2) is 152 Å². The number of fused-ring (bicyclic) bond motifs is 9. The minimum absolute atomic E-state index is 0.173. The summed E-state index contributed by atoms with van der Waals surface area (Å²) < 4.78 is 2.74. The van der Waals surface area contributed by atoms with Gasteiger partial charge in [0.1, 0.15) is 0 Å². The van der Waals surface area contributed by atoms with Crippen molar-refractivity contribution >= 4 is 76.9 Å². The SMILES string of the molecule is c1ccc2cc(-c3nc(-c4ccc5c(ccc6c7ccccc7ccc56)c4)nc(-c4cccc5c4[se]c4ccccc45)n3)ccc2c1. The van der Waals surface area contributed by atoms with E-state index in [0.29, 0.717) is 11.6 Å². The Balaban J connectivity index is 1.20. The molecule has 0 radical (unpaired) electrons. The van der Waals surface area contributed by atoms with Crippen LogP contribution >= 0.6 is 0 Å². The summed E-state index contributed by atoms with van der Waals surface area (Å²) in [7, 11) is 0. The van der Waals surface area contributed by atoms with Gasteiger partial charge >= 0.3 is 248 Å². The van der Waals surface area contributed by atoms with Crippen LogP contribution in [0.3, 0.4) is 0 Å². The summed E-state index contributed by atoms with van der Waals surface area (Å²) in [6, 6.07) is 54.3. The van der Waals surface area contributed by atoms with Crippen LogP contribution in [0.25, 0.3) is 96.5 Å². The van der Waals surface area contributed by atoms with Gasteiger partial charge in [-0.3, -0.25) is 0 Å². The Bertz CT molecular complexity index is 2870. The molecular formula is C43H25N3Se. The van der Waals surface area contributed by atoms with Crippen LogP contribution in [0.1, 0.15) is 0 Å². The van der Waals surface area contributed by atoms with E-state index in [0.717, 1.165) is 27.9 Å². The summed E-state index contributed by atoms with van der Waals surface area (Å²) >= 11 is 0.173. The molecule has 10 aromatic rings. The Kier molecular flexibility index (Phi) is 5.89. The van der Waals surface area contributed by atoms with E-state index in [1.807, 2.05) is 0 Å². The number of aromatic nitrogens is 3. The molecule has 10 rings (SSSR count). The molecule has 218 valence electrons. The van der Waals surface area contributed by atoms with E-state index >= 15 is 0 Å². The van der Waals surface area contributed by atoms with Crippen molar-refractivity contribution in [3.63, 3.8) is 0 Å².